The van der Waals surface area contributed by atoms with E-state index in [-0.39, 0.29) is 12.7 Å². The van der Waals surface area contributed by atoms with Crippen LogP contribution in [-0.2, 0) is 11.2 Å². The van der Waals surface area contributed by atoms with E-state index in [1.807, 2.05) is 25.1 Å². The van der Waals surface area contributed by atoms with Crippen molar-refractivity contribution >= 4 is 0 Å². The van der Waals surface area contributed by atoms with E-state index < -0.39 is 0 Å². The summed E-state index contributed by atoms with van der Waals surface area (Å²) in [6.07, 6.45) is 0.836. The summed E-state index contributed by atoms with van der Waals surface area (Å²) >= 11 is 0. The number of aliphatic hydroxyl groups is 1. The predicted octanol–water partition coefficient (Wildman–Crippen LogP) is 1.93. The van der Waals surface area contributed by atoms with E-state index >= 15 is 0 Å². The van der Waals surface area contributed by atoms with Crippen molar-refractivity contribution in [2.45, 2.75) is 19.4 Å². The molecule has 0 aliphatic heterocycles. The van der Waals surface area contributed by atoms with Gasteiger partial charge in [-0.05, 0) is 24.5 Å². The van der Waals surface area contributed by atoms with E-state index in [1.165, 1.54) is 0 Å². The highest BCUT2D eigenvalue weighted by molar-refractivity contribution is 5.25. The minimum atomic E-state index is 0.124. The van der Waals surface area contributed by atoms with Gasteiger partial charge in [0.25, 0.3) is 0 Å². The lowest BCUT2D eigenvalue weighted by atomic mass is 10.1. The number of hydrogen-bond donors (Lipinski definition) is 1. The molecule has 1 rings (SSSR count). The van der Waals surface area contributed by atoms with Crippen LogP contribution in [0.2, 0.25) is 0 Å². The van der Waals surface area contributed by atoms with E-state index in [0.717, 1.165) is 11.1 Å². The summed E-state index contributed by atoms with van der Waals surface area (Å²) in [5.74, 6) is 0. The topological polar surface area (TPSA) is 29.5 Å². The molecule has 1 aromatic rings. The van der Waals surface area contributed by atoms with E-state index in [1.54, 1.807) is 7.11 Å². The predicted molar refractivity (Wildman–Crippen MR) is 52.7 cm³/mol. The van der Waals surface area contributed by atoms with Gasteiger partial charge >= 0.3 is 0 Å². The van der Waals surface area contributed by atoms with Crippen LogP contribution in [0.3, 0.4) is 0 Å². The second kappa shape index (κ2) is 5.00. The molecular weight excluding hydrogens is 164 g/mol. The summed E-state index contributed by atoms with van der Waals surface area (Å²) in [5, 5.41) is 8.78. The van der Waals surface area contributed by atoms with Crippen molar-refractivity contribution in [1.82, 2.24) is 0 Å². The molecule has 1 atom stereocenters. The van der Waals surface area contributed by atoms with Crippen molar-refractivity contribution < 1.29 is 9.84 Å². The number of rotatable bonds is 4. The molecule has 0 bridgehead atoms. The van der Waals surface area contributed by atoms with Crippen molar-refractivity contribution in [3.8, 4) is 0 Å². The van der Waals surface area contributed by atoms with Gasteiger partial charge in [-0.25, -0.2) is 0 Å². The highest BCUT2D eigenvalue weighted by atomic mass is 16.5. The molecule has 0 saturated heterocycles. The molecule has 0 aliphatic rings. The molecule has 0 heterocycles. The maximum atomic E-state index is 8.78. The zero-order chi connectivity index (χ0) is 9.68. The number of aliphatic hydroxyl groups excluding tert-OH is 1. The molecule has 1 aromatic carbocycles. The summed E-state index contributed by atoms with van der Waals surface area (Å²) in [4.78, 5) is 0. The molecule has 0 radical (unpaired) electrons. The monoisotopic (exact) mass is 180 g/mol. The van der Waals surface area contributed by atoms with Gasteiger partial charge in [-0.3, -0.25) is 0 Å². The van der Waals surface area contributed by atoms with Crippen LogP contribution in [-0.4, -0.2) is 18.8 Å². The first-order valence-electron chi connectivity index (χ1n) is 4.50. The van der Waals surface area contributed by atoms with Crippen LogP contribution in [0, 0.1) is 0 Å². The molecule has 13 heavy (non-hydrogen) atoms. The van der Waals surface area contributed by atoms with Crippen molar-refractivity contribution in [3.05, 3.63) is 35.4 Å². The maximum Gasteiger partial charge on any atom is 0.0793 e. The van der Waals surface area contributed by atoms with Gasteiger partial charge in [-0.15, -0.1) is 0 Å². The molecule has 1 N–H and O–H groups in total. The second-order valence-electron chi connectivity index (χ2n) is 3.10. The summed E-state index contributed by atoms with van der Waals surface area (Å²) < 4.78 is 5.21. The molecule has 0 spiro atoms. The minimum Gasteiger partial charge on any atom is -0.396 e. The molecule has 0 aromatic heterocycles. The third-order valence-corrected chi connectivity index (χ3v) is 2.17. The zero-order valence-corrected chi connectivity index (χ0v) is 8.16. The molecule has 1 unspecified atom stereocenters. The van der Waals surface area contributed by atoms with Gasteiger partial charge in [0.05, 0.1) is 6.10 Å². The van der Waals surface area contributed by atoms with E-state index in [0.29, 0.717) is 6.42 Å². The van der Waals surface area contributed by atoms with Crippen LogP contribution in [0.15, 0.2) is 24.3 Å². The van der Waals surface area contributed by atoms with Crippen LogP contribution in [0.4, 0.5) is 0 Å². The van der Waals surface area contributed by atoms with Crippen LogP contribution < -0.4 is 0 Å². The fraction of sp³-hybridized carbons (Fsp3) is 0.455. The van der Waals surface area contributed by atoms with Crippen LogP contribution >= 0.6 is 0 Å². The van der Waals surface area contributed by atoms with E-state index in [2.05, 4.69) is 6.07 Å². The molecular formula is C11H16O2. The number of ether oxygens (including phenoxy) is 1. The third-order valence-electron chi connectivity index (χ3n) is 2.17. The first-order valence-corrected chi connectivity index (χ1v) is 4.50. The second-order valence-corrected chi connectivity index (χ2v) is 3.10. The standard InChI is InChI=1S/C11H16O2/c1-9(13-2)11-5-3-4-10(8-11)6-7-12/h3-5,8-9,12H,6-7H2,1-2H3. The highest BCUT2D eigenvalue weighted by Gasteiger charge is 2.03. The fourth-order valence-electron chi connectivity index (χ4n) is 1.27. The normalized spacial score (nSPS) is 12.8. The van der Waals surface area contributed by atoms with Gasteiger partial charge < -0.3 is 9.84 Å². The van der Waals surface area contributed by atoms with Gasteiger partial charge in [0.2, 0.25) is 0 Å². The first kappa shape index (κ1) is 10.2. The van der Waals surface area contributed by atoms with Gasteiger partial charge in [-0.2, -0.15) is 0 Å². The lowest BCUT2D eigenvalue weighted by Gasteiger charge is -2.10. The Hall–Kier alpha value is -0.860. The molecule has 0 aliphatic carbocycles. The average molecular weight is 180 g/mol. The molecule has 2 nitrogen and oxygen atoms in total. The molecule has 0 fully saturated rings. The lowest BCUT2D eigenvalue weighted by Crippen LogP contribution is -1.98. The smallest absolute Gasteiger partial charge is 0.0793 e. The quantitative estimate of drug-likeness (QED) is 0.767. The Bertz CT molecular complexity index is 258. The summed E-state index contributed by atoms with van der Waals surface area (Å²) in [6.45, 7) is 2.21. The Morgan fingerprint density at radius 2 is 2.23 bits per heavy atom. The van der Waals surface area contributed by atoms with Crippen LogP contribution in [0.1, 0.15) is 24.2 Å². The van der Waals surface area contributed by atoms with E-state index in [4.69, 9.17) is 9.84 Å². The zero-order valence-electron chi connectivity index (χ0n) is 8.16. The van der Waals surface area contributed by atoms with Crippen LogP contribution in [0.25, 0.3) is 0 Å². The van der Waals surface area contributed by atoms with Gasteiger partial charge in [0.15, 0.2) is 0 Å². The number of hydrogen-bond acceptors (Lipinski definition) is 2. The van der Waals surface area contributed by atoms with Gasteiger partial charge in [0, 0.05) is 13.7 Å². The van der Waals surface area contributed by atoms with Crippen LogP contribution in [0.5, 0.6) is 0 Å². The van der Waals surface area contributed by atoms with Gasteiger partial charge in [-0.1, -0.05) is 24.3 Å². The Morgan fingerprint density at radius 3 is 2.85 bits per heavy atom. The Kier molecular flexibility index (Phi) is 3.93. The minimum absolute atomic E-state index is 0.124. The Morgan fingerprint density at radius 1 is 1.46 bits per heavy atom. The SMILES string of the molecule is COC(C)c1cccc(CCO)c1. The number of benzene rings is 1. The number of methoxy groups -OCH3 is 1. The molecule has 0 amide bonds. The Balaban J connectivity index is 2.78. The lowest BCUT2D eigenvalue weighted by molar-refractivity contribution is 0.119. The van der Waals surface area contributed by atoms with Crippen molar-refractivity contribution in [2.75, 3.05) is 13.7 Å². The largest absolute Gasteiger partial charge is 0.396 e. The van der Waals surface area contributed by atoms with Crippen molar-refractivity contribution in [3.63, 3.8) is 0 Å². The summed E-state index contributed by atoms with van der Waals surface area (Å²) in [6, 6.07) is 8.12. The summed E-state index contributed by atoms with van der Waals surface area (Å²) in [5.41, 5.74) is 2.32. The molecule has 2 heteroatoms. The van der Waals surface area contributed by atoms with Crippen molar-refractivity contribution in [2.24, 2.45) is 0 Å². The highest BCUT2D eigenvalue weighted by Crippen LogP contribution is 2.16. The van der Waals surface area contributed by atoms with E-state index in [9.17, 15) is 0 Å². The van der Waals surface area contributed by atoms with Crippen molar-refractivity contribution in [1.29, 1.82) is 0 Å². The third kappa shape index (κ3) is 2.83. The molecule has 72 valence electrons. The van der Waals surface area contributed by atoms with Gasteiger partial charge in [0.1, 0.15) is 0 Å². The summed E-state index contributed by atoms with van der Waals surface area (Å²) in [7, 11) is 1.70. The Labute approximate surface area is 79.2 Å². The fourth-order valence-corrected chi connectivity index (χ4v) is 1.27. The average Bonchev–Trinajstić information content (AvgIpc) is 2.18. The maximum absolute atomic E-state index is 8.78. The first-order chi connectivity index (χ1) is 6.27. The molecule has 0 saturated carbocycles.